The Balaban J connectivity index is 2.62. The van der Waals surface area contributed by atoms with E-state index in [4.69, 9.17) is 4.74 Å². The molecule has 0 aromatic carbocycles. The molecule has 92 valence electrons. The van der Waals surface area contributed by atoms with Gasteiger partial charge in [-0.1, -0.05) is 13.8 Å². The Kier molecular flexibility index (Phi) is 3.61. The molecule has 0 radical (unpaired) electrons. The standard InChI is InChI=1S/C12H21NO3/c1-8-6-13(7-10(14)9(8)2)11(15)16-12(3,4)5/h8-9H,6-7H2,1-5H3. The molecule has 0 spiro atoms. The second kappa shape index (κ2) is 4.44. The highest BCUT2D eigenvalue weighted by Crippen LogP contribution is 2.21. The van der Waals surface area contributed by atoms with Crippen molar-refractivity contribution in [2.45, 2.75) is 40.2 Å². The molecule has 1 aliphatic rings. The van der Waals surface area contributed by atoms with Crippen molar-refractivity contribution in [3.8, 4) is 0 Å². The lowest BCUT2D eigenvalue weighted by Crippen LogP contribution is -2.49. The summed E-state index contributed by atoms with van der Waals surface area (Å²) in [6.45, 7) is 10.1. The van der Waals surface area contributed by atoms with Crippen LogP contribution < -0.4 is 0 Å². The lowest BCUT2D eigenvalue weighted by atomic mass is 9.88. The Morgan fingerprint density at radius 2 is 1.94 bits per heavy atom. The van der Waals surface area contributed by atoms with Gasteiger partial charge in [-0.25, -0.2) is 4.79 Å². The molecule has 0 saturated carbocycles. The maximum absolute atomic E-state index is 11.8. The number of carbonyl (C=O) groups is 2. The molecule has 1 amide bonds. The van der Waals surface area contributed by atoms with Crippen LogP contribution in [0.3, 0.4) is 0 Å². The highest BCUT2D eigenvalue weighted by Gasteiger charge is 2.33. The molecule has 0 bridgehead atoms. The zero-order valence-electron chi connectivity index (χ0n) is 10.7. The van der Waals surface area contributed by atoms with Crippen LogP contribution in [0.5, 0.6) is 0 Å². The molecule has 2 atom stereocenters. The lowest BCUT2D eigenvalue weighted by Gasteiger charge is -2.35. The Hall–Kier alpha value is -1.06. The molecular weight excluding hydrogens is 206 g/mol. The maximum atomic E-state index is 11.8. The molecule has 16 heavy (non-hydrogen) atoms. The van der Waals surface area contributed by atoms with Gasteiger partial charge < -0.3 is 9.64 Å². The third kappa shape index (κ3) is 3.22. The van der Waals surface area contributed by atoms with Gasteiger partial charge in [-0.05, 0) is 26.7 Å². The van der Waals surface area contributed by atoms with Crippen LogP contribution >= 0.6 is 0 Å². The van der Waals surface area contributed by atoms with Crippen LogP contribution in [-0.2, 0) is 9.53 Å². The van der Waals surface area contributed by atoms with E-state index < -0.39 is 5.60 Å². The summed E-state index contributed by atoms with van der Waals surface area (Å²) < 4.78 is 5.24. The molecule has 0 aromatic rings. The number of ketones is 1. The van der Waals surface area contributed by atoms with E-state index in [-0.39, 0.29) is 30.3 Å². The number of nitrogens with zero attached hydrogens (tertiary/aromatic N) is 1. The Labute approximate surface area is 96.9 Å². The van der Waals surface area contributed by atoms with Crippen LogP contribution in [0.2, 0.25) is 0 Å². The number of rotatable bonds is 0. The molecule has 1 rings (SSSR count). The fourth-order valence-electron chi connectivity index (χ4n) is 1.69. The van der Waals surface area contributed by atoms with Crippen LogP contribution in [0.15, 0.2) is 0 Å². The van der Waals surface area contributed by atoms with E-state index in [9.17, 15) is 9.59 Å². The summed E-state index contributed by atoms with van der Waals surface area (Å²) in [6.07, 6.45) is -0.389. The number of likely N-dealkylation sites (tertiary alicyclic amines) is 1. The number of piperidine rings is 1. The van der Waals surface area contributed by atoms with Crippen molar-refractivity contribution in [2.75, 3.05) is 13.1 Å². The summed E-state index contributed by atoms with van der Waals surface area (Å²) in [7, 11) is 0. The van der Waals surface area contributed by atoms with Gasteiger partial charge in [0, 0.05) is 12.5 Å². The topological polar surface area (TPSA) is 46.6 Å². The number of amides is 1. The van der Waals surface area contributed by atoms with Gasteiger partial charge in [0.15, 0.2) is 5.78 Å². The van der Waals surface area contributed by atoms with E-state index in [1.807, 2.05) is 34.6 Å². The lowest BCUT2D eigenvalue weighted by molar-refractivity contribution is -0.128. The predicted octanol–water partition coefficient (Wildman–Crippen LogP) is 2.08. The monoisotopic (exact) mass is 227 g/mol. The third-order valence-corrected chi connectivity index (χ3v) is 2.87. The maximum Gasteiger partial charge on any atom is 0.410 e. The number of hydrogen-bond donors (Lipinski definition) is 0. The second-order valence-electron chi connectivity index (χ2n) is 5.59. The SMILES string of the molecule is CC1CN(C(=O)OC(C)(C)C)CC(=O)C1C. The van der Waals surface area contributed by atoms with Gasteiger partial charge in [0.05, 0.1) is 6.54 Å². The molecule has 1 fully saturated rings. The number of carbonyl (C=O) groups excluding carboxylic acids is 2. The van der Waals surface area contributed by atoms with Crippen LogP contribution in [0, 0.1) is 11.8 Å². The van der Waals surface area contributed by atoms with E-state index in [1.54, 1.807) is 0 Å². The van der Waals surface area contributed by atoms with E-state index in [1.165, 1.54) is 4.90 Å². The first-order valence-electron chi connectivity index (χ1n) is 5.71. The molecule has 0 aromatic heterocycles. The molecule has 4 nitrogen and oxygen atoms in total. The molecule has 1 aliphatic heterocycles. The Morgan fingerprint density at radius 3 is 2.38 bits per heavy atom. The third-order valence-electron chi connectivity index (χ3n) is 2.87. The largest absolute Gasteiger partial charge is 0.444 e. The molecule has 1 heterocycles. The average Bonchev–Trinajstić information content (AvgIpc) is 2.10. The summed E-state index contributed by atoms with van der Waals surface area (Å²) in [5.74, 6) is 0.358. The zero-order chi connectivity index (χ0) is 12.5. The van der Waals surface area contributed by atoms with Gasteiger partial charge in [0.25, 0.3) is 0 Å². The van der Waals surface area contributed by atoms with Crippen molar-refractivity contribution in [1.82, 2.24) is 4.90 Å². The van der Waals surface area contributed by atoms with Crippen molar-refractivity contribution in [2.24, 2.45) is 11.8 Å². The van der Waals surface area contributed by atoms with Crippen LogP contribution in [0.1, 0.15) is 34.6 Å². The summed E-state index contributed by atoms with van der Waals surface area (Å²) in [5.41, 5.74) is -0.508. The number of ether oxygens (including phenoxy) is 1. The number of Topliss-reactive ketones (excluding diaryl/α,β-unsaturated/α-hetero) is 1. The van der Waals surface area contributed by atoms with E-state index in [0.717, 1.165) is 0 Å². The van der Waals surface area contributed by atoms with Crippen molar-refractivity contribution in [1.29, 1.82) is 0 Å². The van der Waals surface area contributed by atoms with Gasteiger partial charge in [-0.15, -0.1) is 0 Å². The predicted molar refractivity (Wildman–Crippen MR) is 61.1 cm³/mol. The summed E-state index contributed by atoms with van der Waals surface area (Å²) >= 11 is 0. The Bertz CT molecular complexity index is 293. The van der Waals surface area contributed by atoms with Gasteiger partial charge in [-0.2, -0.15) is 0 Å². The van der Waals surface area contributed by atoms with E-state index >= 15 is 0 Å². The zero-order valence-corrected chi connectivity index (χ0v) is 10.7. The van der Waals surface area contributed by atoms with Crippen LogP contribution in [-0.4, -0.2) is 35.5 Å². The fraction of sp³-hybridized carbons (Fsp3) is 0.833. The van der Waals surface area contributed by atoms with Crippen molar-refractivity contribution in [3.63, 3.8) is 0 Å². The van der Waals surface area contributed by atoms with Gasteiger partial charge in [0.2, 0.25) is 0 Å². The molecule has 1 saturated heterocycles. The van der Waals surface area contributed by atoms with Crippen molar-refractivity contribution in [3.05, 3.63) is 0 Å². The van der Waals surface area contributed by atoms with E-state index in [2.05, 4.69) is 0 Å². The van der Waals surface area contributed by atoms with Crippen molar-refractivity contribution < 1.29 is 14.3 Å². The number of hydrogen-bond acceptors (Lipinski definition) is 3. The van der Waals surface area contributed by atoms with E-state index in [0.29, 0.717) is 6.54 Å². The summed E-state index contributed by atoms with van der Waals surface area (Å²) in [5, 5.41) is 0. The fourth-order valence-corrected chi connectivity index (χ4v) is 1.69. The van der Waals surface area contributed by atoms with Gasteiger partial charge in [-0.3, -0.25) is 4.79 Å². The molecule has 0 aliphatic carbocycles. The van der Waals surface area contributed by atoms with Gasteiger partial charge in [0.1, 0.15) is 5.60 Å². The smallest absolute Gasteiger partial charge is 0.410 e. The minimum Gasteiger partial charge on any atom is -0.444 e. The molecule has 0 N–H and O–H groups in total. The minimum atomic E-state index is -0.508. The normalized spacial score (nSPS) is 26.8. The highest BCUT2D eigenvalue weighted by atomic mass is 16.6. The quantitative estimate of drug-likeness (QED) is 0.636. The summed E-state index contributed by atoms with van der Waals surface area (Å²) in [4.78, 5) is 24.9. The minimum absolute atomic E-state index is 0.0405. The first-order valence-corrected chi connectivity index (χ1v) is 5.71. The molecular formula is C12H21NO3. The van der Waals surface area contributed by atoms with Crippen LogP contribution in [0.4, 0.5) is 4.79 Å². The highest BCUT2D eigenvalue weighted by molar-refractivity contribution is 5.87. The van der Waals surface area contributed by atoms with Gasteiger partial charge >= 0.3 is 6.09 Å². The van der Waals surface area contributed by atoms with Crippen LogP contribution in [0.25, 0.3) is 0 Å². The molecule has 2 unspecified atom stereocenters. The summed E-state index contributed by atoms with van der Waals surface area (Å²) in [6, 6.07) is 0. The first kappa shape index (κ1) is 13.0. The van der Waals surface area contributed by atoms with Crippen molar-refractivity contribution >= 4 is 11.9 Å². The Morgan fingerprint density at radius 1 is 1.38 bits per heavy atom. The first-order chi connectivity index (χ1) is 7.20. The second-order valence-corrected chi connectivity index (χ2v) is 5.59. The average molecular weight is 227 g/mol. The molecule has 4 heteroatoms.